The van der Waals surface area contributed by atoms with E-state index < -0.39 is 27.2 Å². The molecule has 0 aromatic heterocycles. The highest BCUT2D eigenvalue weighted by Gasteiger charge is 2.20. The van der Waals surface area contributed by atoms with Crippen LogP contribution in [-0.4, -0.2) is 27.1 Å². The number of ether oxygens (including phenoxy) is 1. The molecule has 0 spiro atoms. The first-order chi connectivity index (χ1) is 15.4. The van der Waals surface area contributed by atoms with Crippen molar-refractivity contribution in [3.63, 3.8) is 0 Å². The number of carbonyl (C=O) groups is 1. The monoisotopic (exact) mass is 436 g/mol. The van der Waals surface area contributed by atoms with E-state index in [4.69, 9.17) is 4.74 Å². The van der Waals surface area contributed by atoms with E-state index >= 15 is 0 Å². The van der Waals surface area contributed by atoms with E-state index in [0.29, 0.717) is 11.3 Å². The number of hydrogen-bond donors (Lipinski definition) is 2. The average Bonchev–Trinajstić information content (AvgIpc) is 2.78. The molecule has 0 saturated heterocycles. The molecule has 11 heteroatoms. The van der Waals surface area contributed by atoms with Crippen molar-refractivity contribution in [2.75, 3.05) is 0 Å². The smallest absolute Gasteiger partial charge is 0.311 e. The molecule has 2 N–H and O–H groups in total. The minimum atomic E-state index is -0.827. The lowest BCUT2D eigenvalue weighted by atomic mass is 10.1. The van der Waals surface area contributed by atoms with Gasteiger partial charge in [0.15, 0.2) is 0 Å². The number of nitrogens with zero attached hydrogens (tertiary/aromatic N) is 3. The maximum Gasteiger partial charge on any atom is 0.311 e. The lowest BCUT2D eigenvalue weighted by molar-refractivity contribution is -0.385. The summed E-state index contributed by atoms with van der Waals surface area (Å²) in [4.78, 5) is 32.5. The van der Waals surface area contributed by atoms with Gasteiger partial charge in [-0.05, 0) is 35.9 Å². The molecule has 0 bridgehead atoms. The van der Waals surface area contributed by atoms with E-state index in [1.807, 2.05) is 0 Å². The van der Waals surface area contributed by atoms with Gasteiger partial charge < -0.3 is 9.84 Å². The predicted molar refractivity (Wildman–Crippen MR) is 114 cm³/mol. The summed E-state index contributed by atoms with van der Waals surface area (Å²) in [7, 11) is 0. The number of nitro benzene ring substituents is 2. The Bertz CT molecular complexity index is 1190. The van der Waals surface area contributed by atoms with Gasteiger partial charge in [0.1, 0.15) is 12.4 Å². The van der Waals surface area contributed by atoms with Crippen LogP contribution in [0.25, 0.3) is 0 Å². The van der Waals surface area contributed by atoms with Crippen molar-refractivity contribution < 1.29 is 24.5 Å². The Balaban J connectivity index is 1.67. The van der Waals surface area contributed by atoms with E-state index in [9.17, 15) is 30.1 Å². The Morgan fingerprint density at radius 2 is 1.72 bits per heavy atom. The van der Waals surface area contributed by atoms with Crippen LogP contribution in [0.4, 0.5) is 11.4 Å². The molecule has 0 heterocycles. The zero-order chi connectivity index (χ0) is 23.1. The summed E-state index contributed by atoms with van der Waals surface area (Å²) in [6, 6.07) is 16.3. The summed E-state index contributed by atoms with van der Waals surface area (Å²) in [6.07, 6.45) is 1.32. The minimum Gasteiger partial charge on any atom is -0.502 e. The number of rotatable bonds is 8. The van der Waals surface area contributed by atoms with Crippen molar-refractivity contribution in [1.82, 2.24) is 5.43 Å². The van der Waals surface area contributed by atoms with Gasteiger partial charge >= 0.3 is 5.69 Å². The van der Waals surface area contributed by atoms with Crippen LogP contribution in [-0.2, 0) is 6.61 Å². The van der Waals surface area contributed by atoms with E-state index in [0.717, 1.165) is 11.6 Å². The SMILES string of the molecule is O=C(N/N=C\c1ccccc1OCc1ccc([N+](=O)[O-])cc1)c1cccc([N+](=O)[O-])c1O. The zero-order valence-electron chi connectivity index (χ0n) is 16.4. The van der Waals surface area contributed by atoms with Crippen molar-refractivity contribution in [1.29, 1.82) is 0 Å². The van der Waals surface area contributed by atoms with Gasteiger partial charge in [-0.25, -0.2) is 5.43 Å². The van der Waals surface area contributed by atoms with Crippen molar-refractivity contribution in [2.45, 2.75) is 6.61 Å². The van der Waals surface area contributed by atoms with Crippen LogP contribution >= 0.6 is 0 Å². The van der Waals surface area contributed by atoms with Gasteiger partial charge in [0.25, 0.3) is 11.6 Å². The number of phenolic OH excluding ortho intramolecular Hbond substituents is 1. The molecular formula is C21H16N4O7. The molecule has 11 nitrogen and oxygen atoms in total. The maximum absolute atomic E-state index is 12.2. The quantitative estimate of drug-likeness (QED) is 0.310. The van der Waals surface area contributed by atoms with Gasteiger partial charge in [0.05, 0.1) is 21.6 Å². The van der Waals surface area contributed by atoms with Gasteiger partial charge in [0.2, 0.25) is 5.75 Å². The number of amides is 1. The number of aromatic hydroxyl groups is 1. The van der Waals surface area contributed by atoms with Crippen LogP contribution in [0.2, 0.25) is 0 Å². The molecule has 3 aromatic carbocycles. The fourth-order valence-corrected chi connectivity index (χ4v) is 2.68. The number of non-ortho nitro benzene ring substituents is 1. The molecule has 1 amide bonds. The third kappa shape index (κ3) is 5.21. The molecule has 0 saturated carbocycles. The first-order valence-electron chi connectivity index (χ1n) is 9.11. The Labute approximate surface area is 180 Å². The molecule has 3 rings (SSSR count). The Kier molecular flexibility index (Phi) is 6.71. The minimum absolute atomic E-state index is 0.0215. The molecule has 0 fully saturated rings. The summed E-state index contributed by atoms with van der Waals surface area (Å²) in [5, 5.41) is 35.3. The topological polar surface area (TPSA) is 157 Å². The highest BCUT2D eigenvalue weighted by atomic mass is 16.6. The fourth-order valence-electron chi connectivity index (χ4n) is 2.68. The second-order valence-corrected chi connectivity index (χ2v) is 6.38. The first-order valence-corrected chi connectivity index (χ1v) is 9.11. The van der Waals surface area contributed by atoms with E-state index in [1.165, 1.54) is 30.5 Å². The fraction of sp³-hybridized carbons (Fsp3) is 0.0476. The second kappa shape index (κ2) is 9.80. The lowest BCUT2D eigenvalue weighted by Crippen LogP contribution is -2.18. The van der Waals surface area contributed by atoms with E-state index in [2.05, 4.69) is 10.5 Å². The van der Waals surface area contributed by atoms with Crippen LogP contribution in [0.15, 0.2) is 71.8 Å². The summed E-state index contributed by atoms with van der Waals surface area (Å²) in [6.45, 7) is 0.150. The summed E-state index contributed by atoms with van der Waals surface area (Å²) in [5.41, 5.74) is 2.54. The molecule has 0 atom stereocenters. The van der Waals surface area contributed by atoms with Crippen molar-refractivity contribution in [3.05, 3.63) is 104 Å². The molecule has 0 unspecified atom stereocenters. The van der Waals surface area contributed by atoms with Crippen LogP contribution in [0.1, 0.15) is 21.5 Å². The van der Waals surface area contributed by atoms with E-state index in [-0.39, 0.29) is 17.9 Å². The summed E-state index contributed by atoms with van der Waals surface area (Å²) in [5.74, 6) is -1.13. The van der Waals surface area contributed by atoms with Gasteiger partial charge in [-0.1, -0.05) is 18.2 Å². The summed E-state index contributed by atoms with van der Waals surface area (Å²) < 4.78 is 5.74. The normalized spacial score (nSPS) is 10.6. The number of phenols is 1. The zero-order valence-corrected chi connectivity index (χ0v) is 16.4. The third-order valence-corrected chi connectivity index (χ3v) is 4.29. The van der Waals surface area contributed by atoms with Crippen LogP contribution in [0.5, 0.6) is 11.5 Å². The summed E-state index contributed by atoms with van der Waals surface area (Å²) >= 11 is 0. The number of nitro groups is 2. The Morgan fingerprint density at radius 1 is 1.00 bits per heavy atom. The Hall–Kier alpha value is -4.80. The number of hydrazone groups is 1. The maximum atomic E-state index is 12.2. The molecule has 32 heavy (non-hydrogen) atoms. The number of para-hydroxylation sites is 2. The first kappa shape index (κ1) is 21.9. The molecule has 0 aliphatic heterocycles. The van der Waals surface area contributed by atoms with Gasteiger partial charge in [0, 0.05) is 23.8 Å². The third-order valence-electron chi connectivity index (χ3n) is 4.29. The highest BCUT2D eigenvalue weighted by Crippen LogP contribution is 2.29. The Morgan fingerprint density at radius 3 is 2.41 bits per heavy atom. The van der Waals surface area contributed by atoms with Crippen LogP contribution in [0.3, 0.4) is 0 Å². The van der Waals surface area contributed by atoms with Gasteiger partial charge in [-0.15, -0.1) is 0 Å². The average molecular weight is 436 g/mol. The van der Waals surface area contributed by atoms with Crippen molar-refractivity contribution in [3.8, 4) is 11.5 Å². The molecule has 0 aliphatic carbocycles. The molecule has 0 aliphatic rings. The second-order valence-electron chi connectivity index (χ2n) is 6.38. The van der Waals surface area contributed by atoms with E-state index in [1.54, 1.807) is 36.4 Å². The van der Waals surface area contributed by atoms with Crippen LogP contribution < -0.4 is 10.2 Å². The van der Waals surface area contributed by atoms with Crippen molar-refractivity contribution >= 4 is 23.5 Å². The number of carbonyl (C=O) groups excluding carboxylic acids is 1. The molecule has 0 radical (unpaired) electrons. The van der Waals surface area contributed by atoms with Crippen LogP contribution in [0, 0.1) is 20.2 Å². The number of hydrogen-bond acceptors (Lipinski definition) is 8. The molecule has 3 aromatic rings. The molecule has 162 valence electrons. The van der Waals surface area contributed by atoms with Crippen molar-refractivity contribution in [2.24, 2.45) is 5.10 Å². The largest absolute Gasteiger partial charge is 0.502 e. The number of benzene rings is 3. The predicted octanol–water partition coefficient (Wildman–Crippen LogP) is 3.55. The van der Waals surface area contributed by atoms with Gasteiger partial charge in [-0.3, -0.25) is 25.0 Å². The standard InChI is InChI=1S/C21H16N4O7/c26-20-17(5-3-6-18(20)25(30)31)21(27)23-22-12-15-4-1-2-7-19(15)32-13-14-8-10-16(11-9-14)24(28)29/h1-12,26H,13H2,(H,23,27)/b22-12-. The molecular weight excluding hydrogens is 420 g/mol. The highest BCUT2D eigenvalue weighted by molar-refractivity contribution is 5.98. The van der Waals surface area contributed by atoms with Gasteiger partial charge in [-0.2, -0.15) is 5.10 Å². The number of nitrogens with one attached hydrogen (secondary N) is 1. The lowest BCUT2D eigenvalue weighted by Gasteiger charge is -2.09.